The molecule has 0 aliphatic carbocycles. The van der Waals surface area contributed by atoms with Crippen LogP contribution < -0.4 is 4.90 Å². The number of rotatable bonds is 4. The quantitative estimate of drug-likeness (QED) is 0.848. The Kier molecular flexibility index (Phi) is 4.11. The van der Waals surface area contributed by atoms with Crippen LogP contribution in [-0.4, -0.2) is 29.4 Å². The summed E-state index contributed by atoms with van der Waals surface area (Å²) in [6, 6.07) is 4.62. The Labute approximate surface area is 101 Å². The zero-order valence-corrected chi connectivity index (χ0v) is 10.7. The topological polar surface area (TPSA) is 43.7 Å². The second-order valence-electron chi connectivity index (χ2n) is 5.06. The first-order valence-electron chi connectivity index (χ1n) is 5.62. The molecule has 1 unspecified atom stereocenters. The minimum absolute atomic E-state index is 0.331. The summed E-state index contributed by atoms with van der Waals surface area (Å²) >= 11 is 0. The van der Waals surface area contributed by atoms with Gasteiger partial charge >= 0.3 is 0 Å². The SMILES string of the molecule is CC(O)c1ccc(N(C)CC(C)(C)O)c(F)c1. The molecule has 1 atom stereocenters. The third-order valence-corrected chi connectivity index (χ3v) is 2.49. The molecule has 17 heavy (non-hydrogen) atoms. The summed E-state index contributed by atoms with van der Waals surface area (Å²) in [4.78, 5) is 1.65. The first-order valence-corrected chi connectivity index (χ1v) is 5.62. The van der Waals surface area contributed by atoms with Gasteiger partial charge in [-0.05, 0) is 38.5 Å². The van der Waals surface area contributed by atoms with Crippen molar-refractivity contribution in [2.24, 2.45) is 0 Å². The molecule has 0 aromatic heterocycles. The molecule has 0 amide bonds. The highest BCUT2D eigenvalue weighted by atomic mass is 19.1. The minimum atomic E-state index is -0.885. The first kappa shape index (κ1) is 13.9. The normalized spacial score (nSPS) is 13.6. The number of benzene rings is 1. The number of likely N-dealkylation sites (N-methyl/N-ethyl adjacent to an activating group) is 1. The molecule has 0 aliphatic heterocycles. The molecule has 0 saturated heterocycles. The lowest BCUT2D eigenvalue weighted by atomic mass is 10.1. The van der Waals surface area contributed by atoms with Crippen molar-refractivity contribution < 1.29 is 14.6 Å². The van der Waals surface area contributed by atoms with Crippen LogP contribution in [0.3, 0.4) is 0 Å². The summed E-state index contributed by atoms with van der Waals surface area (Å²) in [6.07, 6.45) is -0.682. The molecule has 1 aromatic carbocycles. The van der Waals surface area contributed by atoms with Crippen LogP contribution in [0.4, 0.5) is 10.1 Å². The number of hydrogen-bond donors (Lipinski definition) is 2. The van der Waals surface area contributed by atoms with Gasteiger partial charge in [-0.15, -0.1) is 0 Å². The molecular weight excluding hydrogens is 221 g/mol. The van der Waals surface area contributed by atoms with Crippen LogP contribution in [0.2, 0.25) is 0 Å². The van der Waals surface area contributed by atoms with Gasteiger partial charge < -0.3 is 15.1 Å². The van der Waals surface area contributed by atoms with Crippen molar-refractivity contribution in [2.75, 3.05) is 18.5 Å². The van der Waals surface area contributed by atoms with Crippen molar-refractivity contribution in [1.29, 1.82) is 0 Å². The molecule has 0 aliphatic rings. The van der Waals surface area contributed by atoms with Crippen LogP contribution in [0.1, 0.15) is 32.4 Å². The molecule has 96 valence electrons. The van der Waals surface area contributed by atoms with Gasteiger partial charge in [-0.2, -0.15) is 0 Å². The van der Waals surface area contributed by atoms with E-state index in [2.05, 4.69) is 0 Å². The van der Waals surface area contributed by atoms with Gasteiger partial charge in [0.1, 0.15) is 5.82 Å². The maximum Gasteiger partial charge on any atom is 0.146 e. The maximum absolute atomic E-state index is 13.8. The summed E-state index contributed by atoms with van der Waals surface area (Å²) < 4.78 is 13.8. The van der Waals surface area contributed by atoms with Crippen LogP contribution in [0.5, 0.6) is 0 Å². The first-order chi connectivity index (χ1) is 7.70. The van der Waals surface area contributed by atoms with Gasteiger partial charge in [0.15, 0.2) is 0 Å². The van der Waals surface area contributed by atoms with Crippen molar-refractivity contribution in [1.82, 2.24) is 0 Å². The Bertz CT molecular complexity index is 385. The number of anilines is 1. The van der Waals surface area contributed by atoms with E-state index in [-0.39, 0.29) is 0 Å². The van der Waals surface area contributed by atoms with Gasteiger partial charge in [0, 0.05) is 13.6 Å². The van der Waals surface area contributed by atoms with E-state index in [9.17, 15) is 14.6 Å². The summed E-state index contributed by atoms with van der Waals surface area (Å²) in [5, 5.41) is 19.0. The van der Waals surface area contributed by atoms with E-state index in [1.165, 1.54) is 6.07 Å². The number of aliphatic hydroxyl groups excluding tert-OH is 1. The molecule has 0 bridgehead atoms. The standard InChI is InChI=1S/C13H20FNO2/c1-9(16)10-5-6-12(11(14)7-10)15(4)8-13(2,3)17/h5-7,9,16-17H,8H2,1-4H3. The fourth-order valence-corrected chi connectivity index (χ4v) is 1.76. The van der Waals surface area contributed by atoms with Crippen molar-refractivity contribution >= 4 is 5.69 Å². The molecule has 4 heteroatoms. The Morgan fingerprint density at radius 1 is 1.41 bits per heavy atom. The lowest BCUT2D eigenvalue weighted by Crippen LogP contribution is -2.36. The fourth-order valence-electron chi connectivity index (χ4n) is 1.76. The largest absolute Gasteiger partial charge is 0.389 e. The summed E-state index contributed by atoms with van der Waals surface area (Å²) in [5.41, 5.74) is 0.0730. The Morgan fingerprint density at radius 3 is 2.41 bits per heavy atom. The zero-order chi connectivity index (χ0) is 13.2. The van der Waals surface area contributed by atoms with Crippen LogP contribution in [0, 0.1) is 5.82 Å². The molecule has 1 aromatic rings. The highest BCUT2D eigenvalue weighted by Gasteiger charge is 2.18. The molecular formula is C13H20FNO2. The highest BCUT2D eigenvalue weighted by molar-refractivity contribution is 5.49. The Balaban J connectivity index is 2.92. The number of hydrogen-bond acceptors (Lipinski definition) is 3. The second kappa shape index (κ2) is 5.02. The van der Waals surface area contributed by atoms with Gasteiger partial charge in [0.2, 0.25) is 0 Å². The Morgan fingerprint density at radius 2 is 2.00 bits per heavy atom. The lowest BCUT2D eigenvalue weighted by molar-refractivity contribution is 0.0885. The second-order valence-corrected chi connectivity index (χ2v) is 5.06. The molecule has 0 heterocycles. The van der Waals surface area contributed by atoms with Crippen LogP contribution in [0.25, 0.3) is 0 Å². The highest BCUT2D eigenvalue weighted by Crippen LogP contribution is 2.23. The monoisotopic (exact) mass is 241 g/mol. The van der Waals surface area contributed by atoms with Crippen molar-refractivity contribution in [3.8, 4) is 0 Å². The number of aliphatic hydroxyl groups is 2. The molecule has 0 radical (unpaired) electrons. The molecule has 0 saturated carbocycles. The lowest BCUT2D eigenvalue weighted by Gasteiger charge is -2.27. The molecule has 3 nitrogen and oxygen atoms in total. The Hall–Kier alpha value is -1.13. The van der Waals surface area contributed by atoms with Gasteiger partial charge in [-0.3, -0.25) is 0 Å². The van der Waals surface area contributed by atoms with Crippen LogP contribution >= 0.6 is 0 Å². The smallest absolute Gasteiger partial charge is 0.146 e. The van der Waals surface area contributed by atoms with Crippen molar-refractivity contribution in [2.45, 2.75) is 32.5 Å². The third kappa shape index (κ3) is 3.98. The van der Waals surface area contributed by atoms with Crippen LogP contribution in [-0.2, 0) is 0 Å². The molecule has 2 N–H and O–H groups in total. The van der Waals surface area contributed by atoms with Gasteiger partial charge in [-0.1, -0.05) is 6.07 Å². The van der Waals surface area contributed by atoms with Gasteiger partial charge in [0.25, 0.3) is 0 Å². The van der Waals surface area contributed by atoms with Crippen molar-refractivity contribution in [3.63, 3.8) is 0 Å². The maximum atomic E-state index is 13.8. The minimum Gasteiger partial charge on any atom is -0.389 e. The van der Waals surface area contributed by atoms with Crippen LogP contribution in [0.15, 0.2) is 18.2 Å². The van der Waals surface area contributed by atoms with Crippen molar-refractivity contribution in [3.05, 3.63) is 29.6 Å². The zero-order valence-electron chi connectivity index (χ0n) is 10.7. The van der Waals surface area contributed by atoms with E-state index >= 15 is 0 Å². The molecule has 0 spiro atoms. The molecule has 1 rings (SSSR count). The number of halogens is 1. The molecule has 0 fully saturated rings. The fraction of sp³-hybridized carbons (Fsp3) is 0.538. The van der Waals surface area contributed by atoms with E-state index in [0.717, 1.165) is 0 Å². The van der Waals surface area contributed by atoms with E-state index in [4.69, 9.17) is 0 Å². The van der Waals surface area contributed by atoms with E-state index in [0.29, 0.717) is 17.8 Å². The summed E-state index contributed by atoms with van der Waals surface area (Å²) in [7, 11) is 1.72. The summed E-state index contributed by atoms with van der Waals surface area (Å²) in [5.74, 6) is -0.393. The predicted molar refractivity (Wildman–Crippen MR) is 66.6 cm³/mol. The van der Waals surface area contributed by atoms with E-state index in [1.54, 1.807) is 44.9 Å². The average molecular weight is 241 g/mol. The van der Waals surface area contributed by atoms with E-state index < -0.39 is 17.5 Å². The van der Waals surface area contributed by atoms with E-state index in [1.807, 2.05) is 0 Å². The number of nitrogens with zero attached hydrogens (tertiary/aromatic N) is 1. The average Bonchev–Trinajstić information content (AvgIpc) is 2.14. The predicted octanol–water partition coefficient (Wildman–Crippen LogP) is 2.09. The van der Waals surface area contributed by atoms with Gasteiger partial charge in [-0.25, -0.2) is 4.39 Å². The third-order valence-electron chi connectivity index (χ3n) is 2.49. The van der Waals surface area contributed by atoms with Gasteiger partial charge in [0.05, 0.1) is 17.4 Å². The summed E-state index contributed by atoms with van der Waals surface area (Å²) in [6.45, 7) is 5.27.